The number of aromatic nitrogens is 3. The van der Waals surface area contributed by atoms with Gasteiger partial charge in [-0.3, -0.25) is 0 Å². The van der Waals surface area contributed by atoms with Crippen molar-refractivity contribution >= 4 is 55.0 Å². The van der Waals surface area contributed by atoms with Gasteiger partial charge in [-0.15, -0.1) is 0 Å². The number of anilines is 2. The summed E-state index contributed by atoms with van der Waals surface area (Å²) in [7, 11) is 2.07. The Balaban J connectivity index is 1.36. The lowest BCUT2D eigenvalue weighted by Gasteiger charge is -2.57. The van der Waals surface area contributed by atoms with Crippen LogP contribution in [0.2, 0.25) is 5.02 Å². The van der Waals surface area contributed by atoms with Crippen molar-refractivity contribution < 1.29 is 13.5 Å². The predicted molar refractivity (Wildman–Crippen MR) is 146 cm³/mol. The molecule has 8 nitrogen and oxygen atoms in total. The number of fused-ring (bicyclic) bond motifs is 2. The molecule has 0 bridgehead atoms. The zero-order valence-corrected chi connectivity index (χ0v) is 22.3. The quantitative estimate of drug-likeness (QED) is 0.372. The maximum absolute atomic E-state index is 16.4. The van der Waals surface area contributed by atoms with Gasteiger partial charge in [0.25, 0.3) is 0 Å². The zero-order valence-electron chi connectivity index (χ0n) is 20.7. The number of benzene rings is 2. The van der Waals surface area contributed by atoms with Crippen molar-refractivity contribution in [3.63, 3.8) is 0 Å². The molecule has 38 heavy (non-hydrogen) atoms. The maximum atomic E-state index is 16.4. The van der Waals surface area contributed by atoms with Crippen molar-refractivity contribution in [3.8, 4) is 17.1 Å². The van der Waals surface area contributed by atoms with Crippen LogP contribution in [0, 0.1) is 11.6 Å². The summed E-state index contributed by atoms with van der Waals surface area (Å²) in [5, 5.41) is 4.36. The highest BCUT2D eigenvalue weighted by Gasteiger charge is 2.48. The van der Waals surface area contributed by atoms with Gasteiger partial charge in [-0.25, -0.2) is 13.8 Å². The summed E-state index contributed by atoms with van der Waals surface area (Å²) < 4.78 is 37.2. The van der Waals surface area contributed by atoms with Crippen LogP contribution in [-0.4, -0.2) is 71.3 Å². The van der Waals surface area contributed by atoms with Crippen LogP contribution in [-0.2, 0) is 0 Å². The third-order valence-corrected chi connectivity index (χ3v) is 9.28. The number of halogens is 3. The third-order valence-electron chi connectivity index (χ3n) is 8.09. The largest absolute Gasteiger partial charge is 0.462 e. The van der Waals surface area contributed by atoms with E-state index in [1.807, 2.05) is 0 Å². The van der Waals surface area contributed by atoms with Gasteiger partial charge in [0.15, 0.2) is 10.9 Å². The van der Waals surface area contributed by atoms with Crippen LogP contribution < -0.4 is 20.7 Å². The summed E-state index contributed by atoms with van der Waals surface area (Å²) in [4.78, 5) is 17.9. The summed E-state index contributed by atoms with van der Waals surface area (Å²) in [6.45, 7) is 3.97. The number of thiazole rings is 1. The molecule has 1 spiro atoms. The van der Waals surface area contributed by atoms with Gasteiger partial charge in [-0.05, 0) is 57.6 Å². The molecule has 0 aliphatic carbocycles. The minimum atomic E-state index is -0.629. The Morgan fingerprint density at radius 1 is 1.24 bits per heavy atom. The Hall–Kier alpha value is -2.86. The molecule has 7 rings (SSSR count). The number of nitrogen functional groups attached to an aromatic ring is 1. The summed E-state index contributed by atoms with van der Waals surface area (Å²) in [6, 6.07) is 4.83. The molecule has 0 radical (unpaired) electrons. The van der Waals surface area contributed by atoms with Crippen molar-refractivity contribution in [1.29, 1.82) is 0 Å². The number of likely N-dealkylation sites (tertiary alicyclic amines) is 1. The monoisotopic (exact) mass is 557 g/mol. The molecule has 2 aromatic heterocycles. The molecule has 3 saturated heterocycles. The van der Waals surface area contributed by atoms with Gasteiger partial charge in [0.05, 0.1) is 20.8 Å². The van der Waals surface area contributed by atoms with E-state index in [2.05, 4.69) is 32.1 Å². The van der Waals surface area contributed by atoms with Crippen molar-refractivity contribution in [2.45, 2.75) is 30.8 Å². The molecule has 1 unspecified atom stereocenters. The smallest absolute Gasteiger partial charge is 0.319 e. The predicted octanol–water partition coefficient (Wildman–Crippen LogP) is 4.45. The SMILES string of the molecule is CN1CCCC1COc1nc(N2CC3(CCN3)C2)c2cc(Cl)c(-c3ccc(F)c4sc(N)nc34)c(F)c2n1. The highest BCUT2D eigenvalue weighted by molar-refractivity contribution is 7.22. The first-order chi connectivity index (χ1) is 18.3. The highest BCUT2D eigenvalue weighted by atomic mass is 35.5. The van der Waals surface area contributed by atoms with Crippen LogP contribution in [0.5, 0.6) is 6.01 Å². The summed E-state index contributed by atoms with van der Waals surface area (Å²) in [5.41, 5.74) is 6.78. The van der Waals surface area contributed by atoms with Gasteiger partial charge in [0.1, 0.15) is 23.8 Å². The van der Waals surface area contributed by atoms with E-state index in [1.54, 1.807) is 6.07 Å². The van der Waals surface area contributed by atoms with E-state index in [4.69, 9.17) is 27.1 Å². The van der Waals surface area contributed by atoms with Gasteiger partial charge < -0.3 is 25.6 Å². The average Bonchev–Trinajstić information content (AvgIpc) is 3.43. The first-order valence-corrected chi connectivity index (χ1v) is 13.9. The Bertz CT molecular complexity index is 1590. The molecule has 12 heteroatoms. The van der Waals surface area contributed by atoms with Gasteiger partial charge in [0.2, 0.25) is 0 Å². The second-order valence-corrected chi connectivity index (χ2v) is 11.9. The number of ether oxygens (including phenoxy) is 1. The molecule has 3 aliphatic heterocycles. The second kappa shape index (κ2) is 8.84. The van der Waals surface area contributed by atoms with E-state index >= 15 is 4.39 Å². The van der Waals surface area contributed by atoms with Crippen molar-refractivity contribution in [3.05, 3.63) is 34.9 Å². The van der Waals surface area contributed by atoms with Crippen LogP contribution in [0.3, 0.4) is 0 Å². The van der Waals surface area contributed by atoms with Crippen LogP contribution in [0.25, 0.3) is 32.2 Å². The molecule has 3 fully saturated rings. The van der Waals surface area contributed by atoms with Gasteiger partial charge in [-0.1, -0.05) is 22.9 Å². The van der Waals surface area contributed by atoms with Crippen LogP contribution >= 0.6 is 22.9 Å². The maximum Gasteiger partial charge on any atom is 0.319 e. The molecule has 0 saturated carbocycles. The minimum absolute atomic E-state index is 0.0946. The van der Waals surface area contributed by atoms with Gasteiger partial charge >= 0.3 is 6.01 Å². The van der Waals surface area contributed by atoms with Crippen molar-refractivity contribution in [2.75, 3.05) is 50.5 Å². The van der Waals surface area contributed by atoms with E-state index in [-0.39, 0.29) is 49.0 Å². The van der Waals surface area contributed by atoms with E-state index < -0.39 is 11.6 Å². The molecule has 3 N–H and O–H groups in total. The third kappa shape index (κ3) is 3.78. The normalized spacial score (nSPS) is 20.8. The summed E-state index contributed by atoms with van der Waals surface area (Å²) in [5.74, 6) is -0.502. The fourth-order valence-electron chi connectivity index (χ4n) is 5.85. The fourth-order valence-corrected chi connectivity index (χ4v) is 6.91. The second-order valence-electron chi connectivity index (χ2n) is 10.5. The lowest BCUT2D eigenvalue weighted by atomic mass is 9.80. The zero-order chi connectivity index (χ0) is 26.2. The fraction of sp³-hybridized carbons (Fsp3) is 0.423. The van der Waals surface area contributed by atoms with E-state index in [0.29, 0.717) is 23.4 Å². The van der Waals surface area contributed by atoms with Gasteiger partial charge in [-0.2, -0.15) is 9.97 Å². The van der Waals surface area contributed by atoms with E-state index in [9.17, 15) is 4.39 Å². The Kier molecular flexibility index (Phi) is 5.63. The molecule has 4 aromatic rings. The standard InChI is InChI=1S/C26H26ClF2N7OS/c1-35-8-2-3-13(35)10-37-25-33-20-15(23(34-25)36-11-26(12-36)6-7-31-26)9-16(27)18(19(20)29)14-4-5-17(28)22-21(14)32-24(30)38-22/h4-5,9,13,31H,2-3,6-8,10-12H2,1H3,(H2,30,32). The number of nitrogens with one attached hydrogen (secondary N) is 1. The minimum Gasteiger partial charge on any atom is -0.462 e. The Morgan fingerprint density at radius 2 is 2.05 bits per heavy atom. The summed E-state index contributed by atoms with van der Waals surface area (Å²) >= 11 is 7.73. The molecule has 2 aromatic carbocycles. The topological polar surface area (TPSA) is 92.4 Å². The number of hydrogen-bond donors (Lipinski definition) is 2. The van der Waals surface area contributed by atoms with Gasteiger partial charge in [0, 0.05) is 35.6 Å². The van der Waals surface area contributed by atoms with Crippen molar-refractivity contribution in [2.24, 2.45) is 0 Å². The van der Waals surface area contributed by atoms with E-state index in [1.165, 1.54) is 12.1 Å². The van der Waals surface area contributed by atoms with Crippen LogP contribution in [0.4, 0.5) is 19.7 Å². The summed E-state index contributed by atoms with van der Waals surface area (Å²) in [6.07, 6.45) is 3.24. The van der Waals surface area contributed by atoms with E-state index in [0.717, 1.165) is 56.8 Å². The average molecular weight is 558 g/mol. The molecule has 1 atom stereocenters. The molecular formula is C26H26ClF2N7OS. The number of rotatable bonds is 5. The molecular weight excluding hydrogens is 532 g/mol. The number of nitrogens with zero attached hydrogens (tertiary/aromatic N) is 5. The highest BCUT2D eigenvalue weighted by Crippen LogP contribution is 2.44. The molecule has 198 valence electrons. The first-order valence-electron chi connectivity index (χ1n) is 12.7. The number of nitrogens with two attached hydrogens (primary N) is 1. The first kappa shape index (κ1) is 24.2. The molecule has 5 heterocycles. The lowest BCUT2D eigenvalue weighted by Crippen LogP contribution is -2.76. The Labute approximate surface area is 226 Å². The number of likely N-dealkylation sites (N-methyl/N-ethyl adjacent to an activating group) is 1. The Morgan fingerprint density at radius 3 is 2.76 bits per heavy atom. The lowest BCUT2D eigenvalue weighted by molar-refractivity contribution is 0.158. The van der Waals surface area contributed by atoms with Crippen LogP contribution in [0.1, 0.15) is 19.3 Å². The van der Waals surface area contributed by atoms with Crippen LogP contribution in [0.15, 0.2) is 18.2 Å². The molecule has 3 aliphatic rings. The molecule has 0 amide bonds. The number of hydrogen-bond acceptors (Lipinski definition) is 9. The van der Waals surface area contributed by atoms with Crippen molar-refractivity contribution in [1.82, 2.24) is 25.2 Å².